The predicted octanol–water partition coefficient (Wildman–Crippen LogP) is 5.68. The molecular weight excluding hydrogens is 254 g/mol. The Kier molecular flexibility index (Phi) is 3.81. The van der Waals surface area contributed by atoms with Crippen LogP contribution in [0.1, 0.15) is 43.6 Å². The minimum absolute atomic E-state index is 0.619. The van der Waals surface area contributed by atoms with Crippen molar-refractivity contribution < 1.29 is 8.78 Å². The van der Waals surface area contributed by atoms with Crippen molar-refractivity contribution in [2.24, 2.45) is 0 Å². The minimum Gasteiger partial charge on any atom is -0.204 e. The predicted molar refractivity (Wildman–Crippen MR) is 77.6 cm³/mol. The Hall–Kier alpha value is -1.70. The van der Waals surface area contributed by atoms with E-state index in [4.69, 9.17) is 0 Å². The lowest BCUT2D eigenvalue weighted by molar-refractivity contribution is 0.443. The van der Waals surface area contributed by atoms with Crippen LogP contribution in [0, 0.1) is 11.6 Å². The van der Waals surface area contributed by atoms with Crippen molar-refractivity contribution in [2.45, 2.75) is 38.0 Å². The minimum atomic E-state index is -0.794. The van der Waals surface area contributed by atoms with Crippen molar-refractivity contribution in [2.75, 3.05) is 0 Å². The molecule has 0 aliphatic heterocycles. The van der Waals surface area contributed by atoms with E-state index in [-0.39, 0.29) is 0 Å². The smallest absolute Gasteiger partial charge is 0.159 e. The van der Waals surface area contributed by atoms with Gasteiger partial charge >= 0.3 is 0 Å². The average Bonchev–Trinajstić information content (AvgIpc) is 2.51. The largest absolute Gasteiger partial charge is 0.204 e. The van der Waals surface area contributed by atoms with E-state index in [2.05, 4.69) is 12.1 Å². The number of rotatable bonds is 2. The molecule has 0 amide bonds. The lowest BCUT2D eigenvalue weighted by Crippen LogP contribution is -2.04. The molecule has 0 radical (unpaired) electrons. The Morgan fingerprint density at radius 2 is 1.50 bits per heavy atom. The highest BCUT2D eigenvalue weighted by Gasteiger charge is 2.16. The van der Waals surface area contributed by atoms with E-state index in [9.17, 15) is 8.78 Å². The Balaban J connectivity index is 1.91. The topological polar surface area (TPSA) is 0 Å². The molecule has 0 aromatic heterocycles. The second-order valence-electron chi connectivity index (χ2n) is 5.59. The molecule has 1 aliphatic carbocycles. The quantitative estimate of drug-likeness (QED) is 0.659. The maximum absolute atomic E-state index is 13.3. The lowest BCUT2D eigenvalue weighted by Gasteiger charge is -2.22. The zero-order chi connectivity index (χ0) is 13.9. The molecule has 0 N–H and O–H groups in total. The van der Waals surface area contributed by atoms with E-state index in [1.54, 1.807) is 6.07 Å². The van der Waals surface area contributed by atoms with E-state index in [1.165, 1.54) is 49.8 Å². The first-order valence-corrected chi connectivity index (χ1v) is 7.29. The Bertz CT molecular complexity index is 598. The summed E-state index contributed by atoms with van der Waals surface area (Å²) in [6.07, 6.45) is 6.39. The van der Waals surface area contributed by atoms with Crippen molar-refractivity contribution in [3.63, 3.8) is 0 Å². The highest BCUT2D eigenvalue weighted by atomic mass is 19.2. The van der Waals surface area contributed by atoms with Crippen LogP contribution in [0.5, 0.6) is 0 Å². The summed E-state index contributed by atoms with van der Waals surface area (Å²) in [6, 6.07) is 12.4. The first kappa shape index (κ1) is 13.3. The first-order chi connectivity index (χ1) is 9.74. The summed E-state index contributed by atoms with van der Waals surface area (Å²) in [5.41, 5.74) is 3.03. The number of hydrogen-bond acceptors (Lipinski definition) is 0. The maximum atomic E-state index is 13.3. The van der Waals surface area contributed by atoms with E-state index >= 15 is 0 Å². The fourth-order valence-corrected chi connectivity index (χ4v) is 3.08. The van der Waals surface area contributed by atoms with E-state index in [0.29, 0.717) is 5.92 Å². The van der Waals surface area contributed by atoms with Crippen molar-refractivity contribution in [3.8, 4) is 11.1 Å². The van der Waals surface area contributed by atoms with Crippen LogP contribution >= 0.6 is 0 Å². The van der Waals surface area contributed by atoms with Gasteiger partial charge in [0.2, 0.25) is 0 Å². The Morgan fingerprint density at radius 3 is 2.25 bits per heavy atom. The third-order valence-electron chi connectivity index (χ3n) is 4.22. The normalized spacial score (nSPS) is 16.3. The summed E-state index contributed by atoms with van der Waals surface area (Å²) in [5.74, 6) is -0.961. The van der Waals surface area contributed by atoms with Gasteiger partial charge in [0.25, 0.3) is 0 Å². The summed E-state index contributed by atoms with van der Waals surface area (Å²) < 4.78 is 26.4. The van der Waals surface area contributed by atoms with Crippen LogP contribution in [-0.4, -0.2) is 0 Å². The molecule has 1 fully saturated rings. The zero-order valence-corrected chi connectivity index (χ0v) is 11.4. The molecule has 1 aliphatic rings. The number of benzene rings is 2. The van der Waals surface area contributed by atoms with Crippen LogP contribution in [0.4, 0.5) is 8.78 Å². The van der Waals surface area contributed by atoms with Gasteiger partial charge in [-0.1, -0.05) is 49.6 Å². The highest BCUT2D eigenvalue weighted by Crippen LogP contribution is 2.34. The molecule has 0 saturated heterocycles. The number of hydrogen-bond donors (Lipinski definition) is 0. The van der Waals surface area contributed by atoms with Gasteiger partial charge in [-0.15, -0.1) is 0 Å². The average molecular weight is 272 g/mol. The van der Waals surface area contributed by atoms with Crippen molar-refractivity contribution >= 4 is 0 Å². The highest BCUT2D eigenvalue weighted by molar-refractivity contribution is 5.64. The maximum Gasteiger partial charge on any atom is 0.159 e. The van der Waals surface area contributed by atoms with Crippen molar-refractivity contribution in [1.29, 1.82) is 0 Å². The molecule has 0 bridgehead atoms. The monoisotopic (exact) mass is 272 g/mol. The van der Waals surface area contributed by atoms with Gasteiger partial charge in [0, 0.05) is 0 Å². The molecular formula is C18H18F2. The molecule has 0 atom stereocenters. The van der Waals surface area contributed by atoms with E-state index in [0.717, 1.165) is 11.1 Å². The Labute approximate surface area is 118 Å². The summed E-state index contributed by atoms with van der Waals surface area (Å²) >= 11 is 0. The molecule has 1 saturated carbocycles. The molecule has 3 rings (SSSR count). The van der Waals surface area contributed by atoms with Crippen LogP contribution in [0.15, 0.2) is 42.5 Å². The van der Waals surface area contributed by atoms with Gasteiger partial charge in [0.15, 0.2) is 11.6 Å². The molecule has 0 spiro atoms. The van der Waals surface area contributed by atoms with Crippen LogP contribution in [0.2, 0.25) is 0 Å². The van der Waals surface area contributed by atoms with Gasteiger partial charge in [-0.05, 0) is 47.6 Å². The van der Waals surface area contributed by atoms with Gasteiger partial charge in [0.1, 0.15) is 0 Å². The van der Waals surface area contributed by atoms with Crippen molar-refractivity contribution in [3.05, 3.63) is 59.7 Å². The van der Waals surface area contributed by atoms with E-state index < -0.39 is 11.6 Å². The molecule has 0 unspecified atom stereocenters. The van der Waals surface area contributed by atoms with Crippen LogP contribution in [0.3, 0.4) is 0 Å². The summed E-state index contributed by atoms with van der Waals surface area (Å²) in [7, 11) is 0. The first-order valence-electron chi connectivity index (χ1n) is 7.29. The Morgan fingerprint density at radius 1 is 0.750 bits per heavy atom. The lowest BCUT2D eigenvalue weighted by atomic mass is 9.83. The molecule has 0 heterocycles. The van der Waals surface area contributed by atoms with Crippen LogP contribution in [-0.2, 0) is 0 Å². The molecule has 2 heteroatoms. The fraction of sp³-hybridized carbons (Fsp3) is 0.333. The third-order valence-corrected chi connectivity index (χ3v) is 4.22. The molecule has 2 aromatic rings. The third kappa shape index (κ3) is 2.74. The number of halogens is 2. The van der Waals surface area contributed by atoms with Crippen LogP contribution in [0.25, 0.3) is 11.1 Å². The van der Waals surface area contributed by atoms with E-state index in [1.807, 2.05) is 12.1 Å². The fourth-order valence-electron chi connectivity index (χ4n) is 3.08. The second-order valence-corrected chi connectivity index (χ2v) is 5.59. The van der Waals surface area contributed by atoms with Gasteiger partial charge < -0.3 is 0 Å². The molecule has 0 nitrogen and oxygen atoms in total. The SMILES string of the molecule is Fc1ccc(-c2cccc(C3CCCCC3)c2)cc1F. The summed E-state index contributed by atoms with van der Waals surface area (Å²) in [5, 5.41) is 0. The van der Waals surface area contributed by atoms with Gasteiger partial charge in [-0.25, -0.2) is 8.78 Å². The molecule has 104 valence electrons. The van der Waals surface area contributed by atoms with Gasteiger partial charge in [-0.3, -0.25) is 0 Å². The van der Waals surface area contributed by atoms with Gasteiger partial charge in [0.05, 0.1) is 0 Å². The summed E-state index contributed by atoms with van der Waals surface area (Å²) in [4.78, 5) is 0. The molecule has 20 heavy (non-hydrogen) atoms. The van der Waals surface area contributed by atoms with Crippen molar-refractivity contribution in [1.82, 2.24) is 0 Å². The van der Waals surface area contributed by atoms with Gasteiger partial charge in [-0.2, -0.15) is 0 Å². The summed E-state index contributed by atoms with van der Waals surface area (Å²) in [6.45, 7) is 0. The zero-order valence-electron chi connectivity index (χ0n) is 11.4. The standard InChI is InChI=1S/C18H18F2/c19-17-10-9-16(12-18(17)20)15-8-4-7-14(11-15)13-5-2-1-3-6-13/h4,7-13H,1-3,5-6H2. The van der Waals surface area contributed by atoms with Crippen LogP contribution < -0.4 is 0 Å². The molecule has 2 aromatic carbocycles. The second kappa shape index (κ2) is 5.74.